The van der Waals surface area contributed by atoms with Crippen molar-refractivity contribution in [2.45, 2.75) is 23.6 Å². The molecule has 2 aromatic carbocycles. The van der Waals surface area contributed by atoms with Crippen molar-refractivity contribution in [1.29, 1.82) is 0 Å². The lowest BCUT2D eigenvalue weighted by Gasteiger charge is -2.25. The van der Waals surface area contributed by atoms with Gasteiger partial charge in [-0.15, -0.1) is 0 Å². The summed E-state index contributed by atoms with van der Waals surface area (Å²) in [5.74, 6) is 0.733. The fourth-order valence-corrected chi connectivity index (χ4v) is 4.75. The van der Waals surface area contributed by atoms with Crippen LogP contribution in [0.3, 0.4) is 0 Å². The maximum Gasteiger partial charge on any atom is 0.416 e. The van der Waals surface area contributed by atoms with Crippen LogP contribution in [0.15, 0.2) is 71.9 Å². The fourth-order valence-electron chi connectivity index (χ4n) is 3.70. The summed E-state index contributed by atoms with van der Waals surface area (Å²) in [6.07, 6.45) is -1.03. The van der Waals surface area contributed by atoms with E-state index in [1.54, 1.807) is 30.6 Å². The highest BCUT2D eigenvalue weighted by atomic mass is 32.2. The largest absolute Gasteiger partial charge is 0.489 e. The van der Waals surface area contributed by atoms with Gasteiger partial charge in [0.1, 0.15) is 11.9 Å². The fraction of sp³-hybridized carbons (Fsp3) is 0.304. The van der Waals surface area contributed by atoms with E-state index >= 15 is 0 Å². The van der Waals surface area contributed by atoms with Crippen LogP contribution in [-0.2, 0) is 16.2 Å². The number of sulfonamides is 1. The molecule has 1 fully saturated rings. The molecule has 4 rings (SSSR count). The first kappa shape index (κ1) is 24.1. The molecular weight excluding hydrogens is 469 g/mol. The highest BCUT2D eigenvalue weighted by molar-refractivity contribution is 7.89. The molecule has 0 bridgehead atoms. The summed E-state index contributed by atoms with van der Waals surface area (Å²) in [5.41, 5.74) is -0.0934. The number of hydrogen-bond acceptors (Lipinski definition) is 6. The molecule has 11 heteroatoms. The number of aromatic nitrogens is 2. The van der Waals surface area contributed by atoms with Crippen molar-refractivity contribution in [3.05, 3.63) is 72.6 Å². The molecule has 1 aliphatic heterocycles. The number of halogens is 3. The highest BCUT2D eigenvalue weighted by Crippen LogP contribution is 2.31. The van der Waals surface area contributed by atoms with E-state index in [-0.39, 0.29) is 23.1 Å². The molecule has 7 nitrogen and oxygen atoms in total. The van der Waals surface area contributed by atoms with Crippen molar-refractivity contribution in [3.8, 4) is 17.1 Å². The maximum atomic E-state index is 12.9. The van der Waals surface area contributed by atoms with Crippen LogP contribution in [0.2, 0.25) is 0 Å². The van der Waals surface area contributed by atoms with Gasteiger partial charge in [0.05, 0.1) is 10.5 Å². The van der Waals surface area contributed by atoms with Gasteiger partial charge in [0.25, 0.3) is 0 Å². The third-order valence-corrected chi connectivity index (χ3v) is 7.00. The zero-order valence-corrected chi connectivity index (χ0v) is 18.8. The molecule has 0 radical (unpaired) electrons. The molecule has 0 saturated carbocycles. The number of nitrogens with one attached hydrogen (secondary N) is 2. The molecule has 1 aromatic heterocycles. The molecule has 0 spiro atoms. The summed E-state index contributed by atoms with van der Waals surface area (Å²) in [5, 5.41) is 3.20. The molecule has 180 valence electrons. The van der Waals surface area contributed by atoms with Gasteiger partial charge in [-0.1, -0.05) is 0 Å². The summed E-state index contributed by atoms with van der Waals surface area (Å²) in [4.78, 5) is 8.36. The molecule has 2 heterocycles. The van der Waals surface area contributed by atoms with E-state index in [1.165, 1.54) is 24.3 Å². The van der Waals surface area contributed by atoms with Gasteiger partial charge in [-0.05, 0) is 67.6 Å². The summed E-state index contributed by atoms with van der Waals surface area (Å²) in [7, 11) is -3.84. The van der Waals surface area contributed by atoms with Gasteiger partial charge in [0.2, 0.25) is 10.0 Å². The van der Waals surface area contributed by atoms with Crippen LogP contribution in [0.25, 0.3) is 11.4 Å². The first-order chi connectivity index (χ1) is 16.2. The van der Waals surface area contributed by atoms with E-state index in [0.29, 0.717) is 17.9 Å². The van der Waals surface area contributed by atoms with Crippen molar-refractivity contribution in [3.63, 3.8) is 0 Å². The number of ether oxygens (including phenoxy) is 1. The first-order valence-corrected chi connectivity index (χ1v) is 12.1. The lowest BCUT2D eigenvalue weighted by molar-refractivity contribution is -0.137. The van der Waals surface area contributed by atoms with Crippen LogP contribution in [0, 0.1) is 5.92 Å². The van der Waals surface area contributed by atoms with Crippen LogP contribution < -0.4 is 14.8 Å². The number of hydrogen-bond donors (Lipinski definition) is 2. The minimum Gasteiger partial charge on any atom is -0.489 e. The summed E-state index contributed by atoms with van der Waals surface area (Å²) in [6.45, 7) is 1.35. The Bertz CT molecular complexity index is 1180. The van der Waals surface area contributed by atoms with E-state index in [0.717, 1.165) is 25.1 Å². The minimum absolute atomic E-state index is 0.00241. The number of alkyl halides is 3. The van der Waals surface area contributed by atoms with E-state index < -0.39 is 27.9 Å². The van der Waals surface area contributed by atoms with Crippen LogP contribution >= 0.6 is 0 Å². The summed E-state index contributed by atoms with van der Waals surface area (Å²) in [6, 6.07) is 12.3. The smallest absolute Gasteiger partial charge is 0.416 e. The Morgan fingerprint density at radius 1 is 1.06 bits per heavy atom. The second-order valence-electron chi connectivity index (χ2n) is 7.88. The average Bonchev–Trinajstić information content (AvgIpc) is 3.37. The molecule has 2 atom stereocenters. The van der Waals surface area contributed by atoms with Crippen molar-refractivity contribution >= 4 is 10.0 Å². The van der Waals surface area contributed by atoms with Crippen LogP contribution in [-0.4, -0.2) is 44.1 Å². The van der Waals surface area contributed by atoms with E-state index in [1.807, 2.05) is 0 Å². The van der Waals surface area contributed by atoms with E-state index in [4.69, 9.17) is 4.74 Å². The topological polar surface area (TPSA) is 93.2 Å². The normalized spacial score (nSPS) is 17.4. The Morgan fingerprint density at radius 3 is 2.32 bits per heavy atom. The lowest BCUT2D eigenvalue weighted by atomic mass is 10.0. The van der Waals surface area contributed by atoms with Gasteiger partial charge in [0, 0.05) is 37.0 Å². The first-order valence-electron chi connectivity index (χ1n) is 10.6. The van der Waals surface area contributed by atoms with Crippen molar-refractivity contribution < 1.29 is 26.3 Å². The predicted molar refractivity (Wildman–Crippen MR) is 119 cm³/mol. The molecule has 1 unspecified atom stereocenters. The highest BCUT2D eigenvalue weighted by Gasteiger charge is 2.31. The molecular formula is C23H23F3N4O3S. The Morgan fingerprint density at radius 2 is 1.74 bits per heavy atom. The number of benzene rings is 2. The van der Waals surface area contributed by atoms with Gasteiger partial charge in [-0.25, -0.2) is 23.1 Å². The van der Waals surface area contributed by atoms with Crippen LogP contribution in [0.5, 0.6) is 5.75 Å². The molecule has 2 N–H and O–H groups in total. The minimum atomic E-state index is -4.44. The van der Waals surface area contributed by atoms with Gasteiger partial charge < -0.3 is 10.1 Å². The van der Waals surface area contributed by atoms with Crippen molar-refractivity contribution in [2.24, 2.45) is 5.92 Å². The molecule has 0 amide bonds. The third kappa shape index (κ3) is 5.91. The Hall–Kier alpha value is -3.02. The molecule has 1 aliphatic rings. The monoisotopic (exact) mass is 492 g/mol. The summed E-state index contributed by atoms with van der Waals surface area (Å²) < 4.78 is 72.7. The van der Waals surface area contributed by atoms with Gasteiger partial charge in [0.15, 0.2) is 5.82 Å². The van der Waals surface area contributed by atoms with Gasteiger partial charge in [-0.2, -0.15) is 13.2 Å². The Kier molecular flexibility index (Phi) is 7.15. The quantitative estimate of drug-likeness (QED) is 0.500. The zero-order chi connectivity index (χ0) is 24.2. The predicted octanol–water partition coefficient (Wildman–Crippen LogP) is 3.50. The van der Waals surface area contributed by atoms with Crippen molar-refractivity contribution in [1.82, 2.24) is 20.0 Å². The van der Waals surface area contributed by atoms with Crippen molar-refractivity contribution in [2.75, 3.05) is 19.6 Å². The summed E-state index contributed by atoms with van der Waals surface area (Å²) >= 11 is 0. The standard InChI is InChI=1S/C23H23F3N4O3S/c24-23(25,26)18-4-6-19(7-5-18)33-21(17-10-13-27-14-17)15-30-34(31,32)20-8-2-16(3-9-20)22-28-11-1-12-29-22/h1-9,11-12,17,21,27,30H,10,13-15H2/t17?,21-/m1/s1. The second-order valence-corrected chi connectivity index (χ2v) is 9.65. The second kappa shape index (κ2) is 10.1. The Balaban J connectivity index is 1.45. The Labute approximate surface area is 195 Å². The maximum absolute atomic E-state index is 12.9. The number of nitrogens with zero attached hydrogens (tertiary/aromatic N) is 2. The molecule has 1 saturated heterocycles. The third-order valence-electron chi connectivity index (χ3n) is 5.56. The molecule has 0 aliphatic carbocycles. The lowest BCUT2D eigenvalue weighted by Crippen LogP contribution is -2.40. The van der Waals surface area contributed by atoms with E-state index in [2.05, 4.69) is 20.0 Å². The van der Waals surface area contributed by atoms with Gasteiger partial charge >= 0.3 is 6.18 Å². The van der Waals surface area contributed by atoms with Gasteiger partial charge in [-0.3, -0.25) is 0 Å². The van der Waals surface area contributed by atoms with Crippen LogP contribution in [0.4, 0.5) is 13.2 Å². The SMILES string of the molecule is O=S(=O)(NC[C@@H](Oc1ccc(C(F)(F)F)cc1)C1CCNC1)c1ccc(-c2ncccn2)cc1. The number of rotatable bonds is 8. The molecule has 34 heavy (non-hydrogen) atoms. The molecule has 3 aromatic rings. The zero-order valence-electron chi connectivity index (χ0n) is 18.0. The average molecular weight is 493 g/mol. The van der Waals surface area contributed by atoms with E-state index in [9.17, 15) is 21.6 Å². The van der Waals surface area contributed by atoms with Crippen LogP contribution in [0.1, 0.15) is 12.0 Å².